The molecule has 1 fully saturated rings. The zero-order valence-corrected chi connectivity index (χ0v) is 11.2. The van der Waals surface area contributed by atoms with Crippen molar-refractivity contribution in [1.82, 2.24) is 19.7 Å². The van der Waals surface area contributed by atoms with Gasteiger partial charge in [0, 0.05) is 17.1 Å². The zero-order chi connectivity index (χ0) is 14.1. The van der Waals surface area contributed by atoms with Crippen LogP contribution in [0.25, 0.3) is 0 Å². The summed E-state index contributed by atoms with van der Waals surface area (Å²) in [5.41, 5.74) is 5.64. The predicted molar refractivity (Wildman–Crippen MR) is 72.0 cm³/mol. The van der Waals surface area contributed by atoms with E-state index in [-0.39, 0.29) is 17.6 Å². The van der Waals surface area contributed by atoms with Crippen LogP contribution >= 0.6 is 11.8 Å². The van der Waals surface area contributed by atoms with E-state index >= 15 is 0 Å². The van der Waals surface area contributed by atoms with Gasteiger partial charge in [0.25, 0.3) is 0 Å². The molecular formula is C11H12N6O2S. The summed E-state index contributed by atoms with van der Waals surface area (Å²) in [6.07, 6.45) is 3.61. The minimum atomic E-state index is -0.184. The summed E-state index contributed by atoms with van der Waals surface area (Å²) in [4.78, 5) is 16.6. The van der Waals surface area contributed by atoms with Crippen molar-refractivity contribution < 1.29 is 5.21 Å². The number of hydrogen-bond acceptors (Lipinski definition) is 6. The number of aromatic nitrogens is 4. The van der Waals surface area contributed by atoms with Gasteiger partial charge >= 0.3 is 5.69 Å². The molecule has 2 aromatic rings. The second kappa shape index (κ2) is 5.00. The van der Waals surface area contributed by atoms with Gasteiger partial charge in [-0.15, -0.1) is 5.10 Å². The Morgan fingerprint density at radius 2 is 2.35 bits per heavy atom. The number of nitrogens with zero attached hydrogens (tertiary/aromatic N) is 4. The lowest BCUT2D eigenvalue weighted by Crippen LogP contribution is -2.16. The Hall–Kier alpha value is -2.29. The van der Waals surface area contributed by atoms with Crippen molar-refractivity contribution in [3.63, 3.8) is 0 Å². The van der Waals surface area contributed by atoms with Gasteiger partial charge in [-0.3, -0.25) is 9.55 Å². The number of hydrogen-bond donors (Lipinski definition) is 3. The number of aromatic amines is 1. The maximum absolute atomic E-state index is 11.6. The van der Waals surface area contributed by atoms with Gasteiger partial charge in [0.1, 0.15) is 5.69 Å². The van der Waals surface area contributed by atoms with Crippen molar-refractivity contribution in [3.05, 3.63) is 34.5 Å². The summed E-state index contributed by atoms with van der Waals surface area (Å²) >= 11 is 1.35. The quantitative estimate of drug-likeness (QED) is 0.327. The fourth-order valence-electron chi connectivity index (χ4n) is 1.77. The summed E-state index contributed by atoms with van der Waals surface area (Å²) < 4.78 is 1.67. The fraction of sp³-hybridized carbons (Fsp3) is 0.273. The summed E-state index contributed by atoms with van der Waals surface area (Å²) in [5, 5.41) is 18.5. The molecule has 0 radical (unpaired) electrons. The van der Waals surface area contributed by atoms with E-state index < -0.39 is 0 Å². The minimum absolute atomic E-state index is 0.0452. The van der Waals surface area contributed by atoms with Crippen molar-refractivity contribution in [2.75, 3.05) is 0 Å². The smallest absolute Gasteiger partial charge is 0.344 e. The molecule has 0 spiro atoms. The first-order valence-corrected chi connectivity index (χ1v) is 6.79. The Morgan fingerprint density at radius 1 is 1.55 bits per heavy atom. The highest BCUT2D eigenvalue weighted by Gasteiger charge is 2.28. The van der Waals surface area contributed by atoms with Gasteiger partial charge in [-0.25, -0.2) is 9.89 Å². The van der Waals surface area contributed by atoms with Gasteiger partial charge in [0.15, 0.2) is 11.0 Å². The van der Waals surface area contributed by atoms with E-state index in [1.54, 1.807) is 22.9 Å². The highest BCUT2D eigenvalue weighted by atomic mass is 32.2. The normalized spacial score (nSPS) is 15.5. The molecule has 1 aliphatic carbocycles. The van der Waals surface area contributed by atoms with Crippen LogP contribution < -0.4 is 11.4 Å². The van der Waals surface area contributed by atoms with Crippen LogP contribution in [0.1, 0.15) is 24.6 Å². The van der Waals surface area contributed by atoms with Gasteiger partial charge in [0.05, 0.1) is 0 Å². The zero-order valence-electron chi connectivity index (χ0n) is 10.4. The molecule has 20 heavy (non-hydrogen) atoms. The average Bonchev–Trinajstić information content (AvgIpc) is 3.24. The Labute approximate surface area is 117 Å². The third-order valence-electron chi connectivity index (χ3n) is 2.90. The molecule has 0 aromatic carbocycles. The first-order chi connectivity index (χ1) is 9.69. The van der Waals surface area contributed by atoms with Gasteiger partial charge in [-0.1, -0.05) is 5.16 Å². The molecular weight excluding hydrogens is 280 g/mol. The number of pyridine rings is 1. The van der Waals surface area contributed by atoms with E-state index in [4.69, 9.17) is 10.9 Å². The minimum Gasteiger partial charge on any atom is -0.409 e. The molecule has 8 nitrogen and oxygen atoms in total. The molecule has 0 atom stereocenters. The van der Waals surface area contributed by atoms with Crippen molar-refractivity contribution >= 4 is 17.6 Å². The first-order valence-electron chi connectivity index (χ1n) is 5.97. The van der Waals surface area contributed by atoms with Gasteiger partial charge in [-0.05, 0) is 36.7 Å². The highest BCUT2D eigenvalue weighted by molar-refractivity contribution is 7.99. The van der Waals surface area contributed by atoms with Crippen LogP contribution in [0.2, 0.25) is 0 Å². The maximum Gasteiger partial charge on any atom is 0.344 e. The molecule has 104 valence electrons. The average molecular weight is 292 g/mol. The van der Waals surface area contributed by atoms with Crippen LogP contribution in [0.15, 0.2) is 38.3 Å². The van der Waals surface area contributed by atoms with Crippen molar-refractivity contribution in [2.45, 2.75) is 28.9 Å². The van der Waals surface area contributed by atoms with Crippen LogP contribution in [-0.2, 0) is 0 Å². The van der Waals surface area contributed by atoms with E-state index in [1.807, 2.05) is 0 Å². The second-order valence-electron chi connectivity index (χ2n) is 4.38. The SMILES string of the molecule is N/C(=N/O)c1ccc(Sc2n[nH]c(=O)n2C2CC2)cn1. The number of oxime groups is 1. The molecule has 1 saturated carbocycles. The van der Waals surface area contributed by atoms with Crippen molar-refractivity contribution in [2.24, 2.45) is 10.9 Å². The lowest BCUT2D eigenvalue weighted by molar-refractivity contribution is 0.318. The largest absolute Gasteiger partial charge is 0.409 e. The molecule has 3 rings (SSSR count). The van der Waals surface area contributed by atoms with E-state index in [1.165, 1.54) is 11.8 Å². The van der Waals surface area contributed by atoms with Crippen LogP contribution in [0.3, 0.4) is 0 Å². The highest BCUT2D eigenvalue weighted by Crippen LogP contribution is 2.37. The Bertz CT molecular complexity index is 700. The van der Waals surface area contributed by atoms with Gasteiger partial charge in [0.2, 0.25) is 0 Å². The lowest BCUT2D eigenvalue weighted by atomic mass is 10.3. The number of nitrogens with one attached hydrogen (secondary N) is 1. The van der Waals surface area contributed by atoms with Crippen LogP contribution in [0.4, 0.5) is 0 Å². The molecule has 4 N–H and O–H groups in total. The predicted octanol–water partition coefficient (Wildman–Crippen LogP) is 0.547. The van der Waals surface area contributed by atoms with Gasteiger partial charge < -0.3 is 10.9 Å². The monoisotopic (exact) mass is 292 g/mol. The number of nitrogens with two attached hydrogens (primary N) is 1. The summed E-state index contributed by atoms with van der Waals surface area (Å²) in [7, 11) is 0. The Morgan fingerprint density at radius 3 is 2.95 bits per heavy atom. The molecule has 0 bridgehead atoms. The first kappa shape index (κ1) is 12.7. The molecule has 1 aliphatic rings. The Balaban J connectivity index is 1.83. The van der Waals surface area contributed by atoms with E-state index in [0.29, 0.717) is 10.9 Å². The third kappa shape index (κ3) is 2.39. The van der Waals surface area contributed by atoms with E-state index in [2.05, 4.69) is 20.3 Å². The molecule has 2 heterocycles. The number of amidine groups is 1. The van der Waals surface area contributed by atoms with E-state index in [9.17, 15) is 4.79 Å². The second-order valence-corrected chi connectivity index (χ2v) is 5.42. The maximum atomic E-state index is 11.6. The molecule has 2 aromatic heterocycles. The summed E-state index contributed by atoms with van der Waals surface area (Å²) in [6.45, 7) is 0. The standard InChI is InChI=1S/C11H12N6O2S/c12-9(16-19)8-4-3-7(5-13-8)20-11-15-14-10(18)17(11)6-1-2-6/h3-6,19H,1-2H2,(H2,12,16)(H,14,18). The number of rotatable bonds is 4. The summed E-state index contributed by atoms with van der Waals surface area (Å²) in [6, 6.07) is 3.68. The molecule has 0 saturated heterocycles. The summed E-state index contributed by atoms with van der Waals surface area (Å²) in [5.74, 6) is -0.0452. The fourth-order valence-corrected chi connectivity index (χ4v) is 2.64. The topological polar surface area (TPSA) is 122 Å². The van der Waals surface area contributed by atoms with E-state index in [0.717, 1.165) is 17.7 Å². The van der Waals surface area contributed by atoms with Gasteiger partial charge in [-0.2, -0.15) is 0 Å². The Kier molecular flexibility index (Phi) is 3.18. The third-order valence-corrected chi connectivity index (χ3v) is 3.85. The van der Waals surface area contributed by atoms with Crippen LogP contribution in [-0.4, -0.2) is 30.8 Å². The lowest BCUT2D eigenvalue weighted by Gasteiger charge is -2.03. The van der Waals surface area contributed by atoms with Crippen molar-refractivity contribution in [3.8, 4) is 0 Å². The molecule has 9 heteroatoms. The molecule has 0 amide bonds. The van der Waals surface area contributed by atoms with Crippen molar-refractivity contribution in [1.29, 1.82) is 0 Å². The van der Waals surface area contributed by atoms with Crippen LogP contribution in [0.5, 0.6) is 0 Å². The molecule has 0 unspecified atom stereocenters. The van der Waals surface area contributed by atoms with Crippen LogP contribution in [0, 0.1) is 0 Å². The molecule has 0 aliphatic heterocycles. The number of H-pyrrole nitrogens is 1.